The topological polar surface area (TPSA) is 0 Å². The van der Waals surface area contributed by atoms with E-state index in [1.807, 2.05) is 11.1 Å². The first-order chi connectivity index (χ1) is 8.60. The molecule has 0 bridgehead atoms. The Bertz CT molecular complexity index is 400. The van der Waals surface area contributed by atoms with E-state index in [4.69, 9.17) is 0 Å². The fraction of sp³-hybridized carbons (Fsp3) is 0.833. The number of hydrogen-bond donors (Lipinski definition) is 0. The van der Waals surface area contributed by atoms with E-state index in [1.54, 1.807) is 23.3 Å². The fourth-order valence-electron chi connectivity index (χ4n) is 4.31. The monoisotopic (exact) mass is 430 g/mol. The molecule has 2 aliphatic rings. The van der Waals surface area contributed by atoms with Crippen molar-refractivity contribution in [1.82, 2.24) is 0 Å². The van der Waals surface area contributed by atoms with Gasteiger partial charge < -0.3 is 0 Å². The van der Waals surface area contributed by atoms with Gasteiger partial charge in [0.1, 0.15) is 0 Å². The van der Waals surface area contributed by atoms with Gasteiger partial charge in [0.25, 0.3) is 0 Å². The van der Waals surface area contributed by atoms with Crippen molar-refractivity contribution in [2.24, 2.45) is 22.7 Å². The van der Waals surface area contributed by atoms with Crippen molar-refractivity contribution in [1.29, 1.82) is 0 Å². The van der Waals surface area contributed by atoms with Crippen LogP contribution in [0.1, 0.15) is 73.6 Å². The van der Waals surface area contributed by atoms with Gasteiger partial charge in [-0.25, -0.2) is 0 Å². The average molecular weight is 430 g/mol. The molecule has 19 heavy (non-hydrogen) atoms. The van der Waals surface area contributed by atoms with Crippen LogP contribution >= 0.6 is 0 Å². The van der Waals surface area contributed by atoms with Crippen LogP contribution < -0.4 is 0 Å². The van der Waals surface area contributed by atoms with Crippen LogP contribution in [-0.2, 0) is 19.4 Å². The third-order valence-electron chi connectivity index (χ3n) is 5.12. The van der Waals surface area contributed by atoms with E-state index in [1.165, 1.54) is 32.1 Å². The molecule has 0 N–H and O–H groups in total. The second-order valence-corrected chi connectivity index (χ2v) is 10.8. The fourth-order valence-corrected chi connectivity index (χ4v) is 5.31. The van der Waals surface area contributed by atoms with Gasteiger partial charge in [-0.15, -0.1) is 0 Å². The average Bonchev–Trinajstić information content (AvgIpc) is 2.24. The molecule has 108 valence electrons. The summed E-state index contributed by atoms with van der Waals surface area (Å²) in [7, 11) is 0. The molecule has 0 aliphatic heterocycles. The summed E-state index contributed by atoms with van der Waals surface area (Å²) in [6.45, 7) is 14.7. The van der Waals surface area contributed by atoms with Gasteiger partial charge in [0.2, 0.25) is 0 Å². The van der Waals surface area contributed by atoms with Crippen LogP contribution in [0.15, 0.2) is 11.1 Å². The van der Waals surface area contributed by atoms with E-state index in [0.29, 0.717) is 10.8 Å². The standard InChI is InChI=1S/C18H30.W/c1-17(2,3)15-12-11-13-9-7-8-10-14(13)16(15)18(4,5)6;/h15-16H,8-12H2,1-6H3;. The van der Waals surface area contributed by atoms with Gasteiger partial charge in [-0.3, -0.25) is 0 Å². The van der Waals surface area contributed by atoms with E-state index in [-0.39, 0.29) is 0 Å². The van der Waals surface area contributed by atoms with Crippen molar-refractivity contribution in [2.45, 2.75) is 73.6 Å². The van der Waals surface area contributed by atoms with Crippen molar-refractivity contribution < 1.29 is 19.4 Å². The molecule has 0 saturated heterocycles. The van der Waals surface area contributed by atoms with Crippen molar-refractivity contribution in [2.75, 3.05) is 0 Å². The zero-order valence-corrected chi connectivity index (χ0v) is 16.5. The third-order valence-corrected chi connectivity index (χ3v) is 6.37. The summed E-state index contributed by atoms with van der Waals surface area (Å²) in [6, 6.07) is 0. The molecule has 0 nitrogen and oxygen atoms in total. The van der Waals surface area contributed by atoms with E-state index >= 15 is 0 Å². The maximum absolute atomic E-state index is 2.46. The zero-order valence-electron chi connectivity index (χ0n) is 13.6. The van der Waals surface area contributed by atoms with Crippen molar-refractivity contribution >= 4 is 3.90 Å². The van der Waals surface area contributed by atoms with E-state index in [0.717, 1.165) is 11.8 Å². The Morgan fingerprint density at radius 3 is 2.05 bits per heavy atom. The van der Waals surface area contributed by atoms with E-state index < -0.39 is 0 Å². The SMILES string of the molecule is CC(C)(C)C1CCC2=C(CC[C](=[W])C2)C1C(C)(C)C. The Balaban J connectivity index is 2.42. The molecule has 0 aromatic heterocycles. The van der Waals surface area contributed by atoms with Crippen molar-refractivity contribution in [3.05, 3.63) is 11.1 Å². The normalized spacial score (nSPS) is 29.5. The second-order valence-electron chi connectivity index (χ2n) is 8.70. The van der Waals surface area contributed by atoms with Crippen LogP contribution in [0.25, 0.3) is 0 Å². The van der Waals surface area contributed by atoms with Crippen molar-refractivity contribution in [3.63, 3.8) is 0 Å². The molecule has 0 spiro atoms. The summed E-state index contributed by atoms with van der Waals surface area (Å²) >= 11 is 1.73. The first-order valence-electron chi connectivity index (χ1n) is 7.83. The summed E-state index contributed by atoms with van der Waals surface area (Å²) in [4.78, 5) is 0. The second kappa shape index (κ2) is 5.25. The summed E-state index contributed by atoms with van der Waals surface area (Å²) in [6.07, 6.45) is 6.86. The molecule has 0 radical (unpaired) electrons. The Morgan fingerprint density at radius 1 is 0.895 bits per heavy atom. The van der Waals surface area contributed by atoms with Crippen LogP contribution in [-0.4, -0.2) is 3.90 Å². The Hall–Kier alpha value is 0.298. The quantitative estimate of drug-likeness (QED) is 0.458. The Labute approximate surface area is 130 Å². The molecule has 2 aliphatic carbocycles. The molecule has 1 heteroatoms. The van der Waals surface area contributed by atoms with Crippen LogP contribution in [0.2, 0.25) is 0 Å². The molecule has 0 fully saturated rings. The maximum atomic E-state index is 2.46. The Kier molecular flexibility index (Phi) is 4.33. The van der Waals surface area contributed by atoms with E-state index in [2.05, 4.69) is 41.5 Å². The summed E-state index contributed by atoms with van der Waals surface area (Å²) in [5.74, 6) is 1.66. The van der Waals surface area contributed by atoms with E-state index in [9.17, 15) is 0 Å². The molecule has 0 heterocycles. The minimum atomic E-state index is 0.414. The number of hydrogen-bond acceptors (Lipinski definition) is 0. The van der Waals surface area contributed by atoms with Gasteiger partial charge in [0.15, 0.2) is 0 Å². The van der Waals surface area contributed by atoms with Crippen molar-refractivity contribution in [3.8, 4) is 0 Å². The van der Waals surface area contributed by atoms with Crippen LogP contribution in [0.3, 0.4) is 0 Å². The van der Waals surface area contributed by atoms with Gasteiger partial charge in [-0.2, -0.15) is 0 Å². The predicted octanol–water partition coefficient (Wildman–Crippen LogP) is 5.30. The summed E-state index contributed by atoms with van der Waals surface area (Å²) in [5, 5.41) is 0. The summed E-state index contributed by atoms with van der Waals surface area (Å²) < 4.78 is 1.79. The number of rotatable bonds is 0. The summed E-state index contributed by atoms with van der Waals surface area (Å²) in [5.41, 5.74) is 4.55. The Morgan fingerprint density at radius 2 is 1.53 bits per heavy atom. The molecule has 0 aromatic carbocycles. The molecule has 2 unspecified atom stereocenters. The minimum absolute atomic E-state index is 0.414. The molecular formula is C18H30W. The first-order valence-corrected chi connectivity index (χ1v) is 9.30. The van der Waals surface area contributed by atoms with Gasteiger partial charge in [0.05, 0.1) is 0 Å². The van der Waals surface area contributed by atoms with Gasteiger partial charge in [0, 0.05) is 0 Å². The molecule has 2 atom stereocenters. The van der Waals surface area contributed by atoms with Gasteiger partial charge in [-0.05, 0) is 0 Å². The molecule has 2 rings (SSSR count). The van der Waals surface area contributed by atoms with Gasteiger partial charge in [-0.1, -0.05) is 0 Å². The van der Waals surface area contributed by atoms with Crippen LogP contribution in [0, 0.1) is 22.7 Å². The molecular weight excluding hydrogens is 400 g/mol. The zero-order chi connectivity index (χ0) is 14.4. The van der Waals surface area contributed by atoms with Crippen LogP contribution in [0.4, 0.5) is 0 Å². The molecule has 0 amide bonds. The number of allylic oxidation sites excluding steroid dienone is 2. The molecule has 0 saturated carbocycles. The first kappa shape index (κ1) is 15.7. The van der Waals surface area contributed by atoms with Crippen LogP contribution in [0.5, 0.6) is 0 Å². The third kappa shape index (κ3) is 3.31. The predicted molar refractivity (Wildman–Crippen MR) is 81.0 cm³/mol. The molecule has 0 aromatic rings. The van der Waals surface area contributed by atoms with Gasteiger partial charge >= 0.3 is 131 Å².